The van der Waals surface area contributed by atoms with Gasteiger partial charge in [0, 0.05) is 19.3 Å². The summed E-state index contributed by atoms with van der Waals surface area (Å²) >= 11 is 0. The summed E-state index contributed by atoms with van der Waals surface area (Å²) in [5.41, 5.74) is 0.761. The van der Waals surface area contributed by atoms with E-state index in [0.29, 0.717) is 19.0 Å². The van der Waals surface area contributed by atoms with E-state index in [4.69, 9.17) is 4.74 Å². The van der Waals surface area contributed by atoms with Gasteiger partial charge in [0.15, 0.2) is 0 Å². The van der Waals surface area contributed by atoms with Gasteiger partial charge in [-0.3, -0.25) is 4.79 Å². The lowest BCUT2D eigenvalue weighted by Gasteiger charge is -2.27. The normalized spacial score (nSPS) is 14.5. The van der Waals surface area contributed by atoms with E-state index < -0.39 is 0 Å². The Morgan fingerprint density at radius 2 is 1.96 bits per heavy atom. The molecule has 0 atom stereocenters. The Morgan fingerprint density at radius 3 is 2.71 bits per heavy atom. The molecule has 1 amide bonds. The maximum absolute atomic E-state index is 12.9. The van der Waals surface area contributed by atoms with E-state index in [1.807, 2.05) is 6.07 Å². The van der Waals surface area contributed by atoms with Crippen molar-refractivity contribution in [2.45, 2.75) is 13.0 Å². The predicted molar refractivity (Wildman–Crippen MR) is 87.0 cm³/mol. The lowest BCUT2D eigenvalue weighted by atomic mass is 10.1. The molecule has 126 valence electrons. The molecule has 0 saturated carbocycles. The Labute approximate surface area is 139 Å². The Balaban J connectivity index is 1.54. The molecule has 1 saturated heterocycles. The van der Waals surface area contributed by atoms with Gasteiger partial charge in [-0.2, -0.15) is 0 Å². The quantitative estimate of drug-likeness (QED) is 0.895. The molecule has 24 heavy (non-hydrogen) atoms. The molecule has 1 fully saturated rings. The molecular weight excluding hydrogens is 311 g/mol. The second kappa shape index (κ2) is 7.83. The van der Waals surface area contributed by atoms with Crippen molar-refractivity contribution in [3.63, 3.8) is 0 Å². The largest absolute Gasteiger partial charge is 0.378 e. The van der Waals surface area contributed by atoms with Crippen molar-refractivity contribution in [1.29, 1.82) is 0 Å². The van der Waals surface area contributed by atoms with Gasteiger partial charge in [0.1, 0.15) is 17.5 Å². The standard InChI is InChI=1S/C17H19FN4O2/c18-14-3-1-13(2-4-14)11-17(23)20-12-15-19-6-5-16(21-15)22-7-9-24-10-8-22/h1-6H,7-12H2,(H,20,23). The maximum Gasteiger partial charge on any atom is 0.224 e. The summed E-state index contributed by atoms with van der Waals surface area (Å²) in [4.78, 5) is 22.8. The van der Waals surface area contributed by atoms with Gasteiger partial charge in [0.2, 0.25) is 5.91 Å². The fourth-order valence-electron chi connectivity index (χ4n) is 2.47. The minimum atomic E-state index is -0.313. The number of halogens is 1. The van der Waals surface area contributed by atoms with Gasteiger partial charge in [-0.25, -0.2) is 14.4 Å². The van der Waals surface area contributed by atoms with Crippen LogP contribution in [0.4, 0.5) is 10.2 Å². The van der Waals surface area contributed by atoms with E-state index in [2.05, 4.69) is 20.2 Å². The number of benzene rings is 1. The molecule has 0 aliphatic carbocycles. The number of anilines is 1. The van der Waals surface area contributed by atoms with Crippen LogP contribution in [-0.4, -0.2) is 42.2 Å². The molecule has 2 heterocycles. The summed E-state index contributed by atoms with van der Waals surface area (Å²) in [6.45, 7) is 3.24. The topological polar surface area (TPSA) is 67.4 Å². The lowest BCUT2D eigenvalue weighted by molar-refractivity contribution is -0.120. The second-order valence-corrected chi connectivity index (χ2v) is 5.51. The first-order valence-corrected chi connectivity index (χ1v) is 7.86. The Kier molecular flexibility index (Phi) is 5.32. The van der Waals surface area contributed by atoms with Crippen LogP contribution in [0.15, 0.2) is 36.5 Å². The zero-order valence-electron chi connectivity index (χ0n) is 13.2. The van der Waals surface area contributed by atoms with Crippen molar-refractivity contribution < 1.29 is 13.9 Å². The van der Waals surface area contributed by atoms with Gasteiger partial charge in [-0.15, -0.1) is 0 Å². The molecule has 1 aliphatic rings. The van der Waals surface area contributed by atoms with E-state index in [-0.39, 0.29) is 24.7 Å². The molecular formula is C17H19FN4O2. The van der Waals surface area contributed by atoms with Gasteiger partial charge in [0.25, 0.3) is 0 Å². The van der Waals surface area contributed by atoms with E-state index >= 15 is 0 Å². The average molecular weight is 330 g/mol. The Hall–Kier alpha value is -2.54. The van der Waals surface area contributed by atoms with Crippen LogP contribution in [0.2, 0.25) is 0 Å². The van der Waals surface area contributed by atoms with Crippen LogP contribution >= 0.6 is 0 Å². The van der Waals surface area contributed by atoms with Crippen LogP contribution in [0.1, 0.15) is 11.4 Å². The van der Waals surface area contributed by atoms with Crippen LogP contribution < -0.4 is 10.2 Å². The van der Waals surface area contributed by atoms with E-state index in [9.17, 15) is 9.18 Å². The summed E-state index contributed by atoms with van der Waals surface area (Å²) < 4.78 is 18.2. The van der Waals surface area contributed by atoms with Gasteiger partial charge in [-0.05, 0) is 23.8 Å². The number of carbonyl (C=O) groups excluding carboxylic acids is 1. The molecule has 0 unspecified atom stereocenters. The van der Waals surface area contributed by atoms with Crippen molar-refractivity contribution >= 4 is 11.7 Å². The molecule has 1 aliphatic heterocycles. The summed E-state index contributed by atoms with van der Waals surface area (Å²) in [6.07, 6.45) is 1.89. The number of nitrogens with zero attached hydrogens (tertiary/aromatic N) is 3. The maximum atomic E-state index is 12.9. The van der Waals surface area contributed by atoms with Crippen LogP contribution in [0.3, 0.4) is 0 Å². The fourth-order valence-corrected chi connectivity index (χ4v) is 2.47. The zero-order valence-corrected chi connectivity index (χ0v) is 13.2. The summed E-state index contributed by atoms with van der Waals surface area (Å²) in [6, 6.07) is 7.75. The number of carbonyl (C=O) groups is 1. The number of nitrogens with one attached hydrogen (secondary N) is 1. The van der Waals surface area contributed by atoms with Crippen LogP contribution in [-0.2, 0) is 22.5 Å². The SMILES string of the molecule is O=C(Cc1ccc(F)cc1)NCc1nccc(N2CCOCC2)n1. The second-order valence-electron chi connectivity index (χ2n) is 5.51. The first-order valence-electron chi connectivity index (χ1n) is 7.86. The van der Waals surface area contributed by atoms with E-state index in [1.165, 1.54) is 12.1 Å². The van der Waals surface area contributed by atoms with Crippen molar-refractivity contribution in [3.05, 3.63) is 53.7 Å². The fraction of sp³-hybridized carbons (Fsp3) is 0.353. The van der Waals surface area contributed by atoms with Crippen LogP contribution in [0.25, 0.3) is 0 Å². The summed E-state index contributed by atoms with van der Waals surface area (Å²) in [5, 5.41) is 2.79. The zero-order chi connectivity index (χ0) is 16.8. The number of amides is 1. The third-order valence-electron chi connectivity index (χ3n) is 3.75. The highest BCUT2D eigenvalue weighted by molar-refractivity contribution is 5.78. The molecule has 1 aromatic heterocycles. The Morgan fingerprint density at radius 1 is 1.21 bits per heavy atom. The predicted octanol–water partition coefficient (Wildman–Crippen LogP) is 1.31. The van der Waals surface area contributed by atoms with Crippen molar-refractivity contribution in [2.24, 2.45) is 0 Å². The number of morpholine rings is 1. The highest BCUT2D eigenvalue weighted by atomic mass is 19.1. The molecule has 0 radical (unpaired) electrons. The average Bonchev–Trinajstić information content (AvgIpc) is 2.63. The Bertz CT molecular complexity index is 687. The van der Waals surface area contributed by atoms with Gasteiger partial charge in [0.05, 0.1) is 26.2 Å². The summed E-state index contributed by atoms with van der Waals surface area (Å²) in [5.74, 6) is 0.942. The molecule has 1 N–H and O–H groups in total. The third kappa shape index (κ3) is 4.48. The van der Waals surface area contributed by atoms with Crippen LogP contribution in [0, 0.1) is 5.82 Å². The molecule has 7 heteroatoms. The highest BCUT2D eigenvalue weighted by Gasteiger charge is 2.13. The molecule has 0 spiro atoms. The molecule has 6 nitrogen and oxygen atoms in total. The lowest BCUT2D eigenvalue weighted by Crippen LogP contribution is -2.37. The van der Waals surface area contributed by atoms with Crippen molar-refractivity contribution in [2.75, 3.05) is 31.2 Å². The van der Waals surface area contributed by atoms with Crippen molar-refractivity contribution in [3.8, 4) is 0 Å². The first-order chi connectivity index (χ1) is 11.7. The molecule has 3 rings (SSSR count). The van der Waals surface area contributed by atoms with Gasteiger partial charge < -0.3 is 15.0 Å². The van der Waals surface area contributed by atoms with E-state index in [0.717, 1.165) is 24.5 Å². The molecule has 1 aromatic carbocycles. The number of aromatic nitrogens is 2. The minimum absolute atomic E-state index is 0.151. The number of ether oxygens (including phenoxy) is 1. The van der Waals surface area contributed by atoms with E-state index in [1.54, 1.807) is 18.3 Å². The minimum Gasteiger partial charge on any atom is -0.378 e. The highest BCUT2D eigenvalue weighted by Crippen LogP contribution is 2.11. The first kappa shape index (κ1) is 16.3. The third-order valence-corrected chi connectivity index (χ3v) is 3.75. The summed E-state index contributed by atoms with van der Waals surface area (Å²) in [7, 11) is 0. The molecule has 0 bridgehead atoms. The van der Waals surface area contributed by atoms with Gasteiger partial charge >= 0.3 is 0 Å². The monoisotopic (exact) mass is 330 g/mol. The van der Waals surface area contributed by atoms with Crippen molar-refractivity contribution in [1.82, 2.24) is 15.3 Å². The number of hydrogen-bond donors (Lipinski definition) is 1. The van der Waals surface area contributed by atoms with Gasteiger partial charge in [-0.1, -0.05) is 12.1 Å². The van der Waals surface area contributed by atoms with Crippen LogP contribution in [0.5, 0.6) is 0 Å². The number of rotatable bonds is 5. The number of hydrogen-bond acceptors (Lipinski definition) is 5. The smallest absolute Gasteiger partial charge is 0.224 e. The molecule has 2 aromatic rings.